The average Bonchev–Trinajstić information content (AvgIpc) is 0. The molecule has 0 aliphatic carbocycles. The Kier molecular flexibility index (Phi) is 779. The molecule has 5 radical (unpaired) electrons. The van der Waals surface area contributed by atoms with Crippen molar-refractivity contribution in [3.05, 3.63) is 0 Å². The third-order valence-corrected chi connectivity index (χ3v) is 0. The van der Waals surface area contributed by atoms with Gasteiger partial charge in [-0.05, 0) is 0 Å². The molecule has 7 heavy (non-hydrogen) atoms. The summed E-state index contributed by atoms with van der Waals surface area (Å²) in [5.74, 6) is 0. The summed E-state index contributed by atoms with van der Waals surface area (Å²) in [6.07, 6.45) is 0. The van der Waals surface area contributed by atoms with Gasteiger partial charge in [0.25, 0.3) is 0 Å². The van der Waals surface area contributed by atoms with Gasteiger partial charge in [-0.1, -0.05) is 0 Å². The third-order valence-electron chi connectivity index (χ3n) is 0. The second-order valence-corrected chi connectivity index (χ2v) is 0. The Morgan fingerprint density at radius 1 is 0.571 bits per heavy atom. The van der Waals surface area contributed by atoms with Crippen LogP contribution in [-0.4, -0.2) is 17.6 Å². The molecule has 0 aromatic carbocycles. The van der Waals surface area contributed by atoms with Crippen LogP contribution in [0.2, 0.25) is 0 Å². The van der Waals surface area contributed by atoms with Gasteiger partial charge in [0, 0.05) is 54.1 Å². The van der Waals surface area contributed by atoms with Gasteiger partial charge in [0.1, 0.15) is 0 Å². The molecule has 0 spiro atoms. The molecule has 0 amide bonds. The van der Waals surface area contributed by atoms with E-state index in [1.54, 1.807) is 0 Å². The summed E-state index contributed by atoms with van der Waals surface area (Å²) in [7, 11) is 0. The van der Waals surface area contributed by atoms with Gasteiger partial charge < -0.3 is 0 Å². The van der Waals surface area contributed by atoms with E-state index in [0.29, 0.717) is 0 Å². The Balaban J connectivity index is 0. The molecule has 0 aromatic rings. The largest absolute Gasteiger partial charge is 0.197 e. The van der Waals surface area contributed by atoms with Crippen LogP contribution in [0.3, 0.4) is 0 Å². The first-order valence-electron chi connectivity index (χ1n) is 0. The monoisotopic (exact) mass is 337 g/mol. The predicted molar refractivity (Wildman–Crippen MR) is 47.3 cm³/mol. The molecule has 0 atom stereocenters. The van der Waals surface area contributed by atoms with E-state index >= 15 is 0 Å². The number of rotatable bonds is 0. The zero-order chi connectivity index (χ0) is 0. The molecule has 0 heterocycles. The first kappa shape index (κ1) is 87.4. The van der Waals surface area contributed by atoms with E-state index in [9.17, 15) is 0 Å². The van der Waals surface area contributed by atoms with Crippen LogP contribution in [0.5, 0.6) is 0 Å². The molecule has 49 valence electrons. The van der Waals surface area contributed by atoms with Crippen LogP contribution in [0, 0.1) is 0 Å². The van der Waals surface area contributed by atoms with Gasteiger partial charge in [-0.2, -0.15) is 54.0 Å². The molecule has 0 rings (SSSR count). The molecule has 0 N–H and O–H groups in total. The summed E-state index contributed by atoms with van der Waals surface area (Å²) >= 11 is 0. The molecule has 0 bridgehead atoms. The van der Waals surface area contributed by atoms with Crippen LogP contribution in [0.1, 0.15) is 0 Å². The van der Waals surface area contributed by atoms with Crippen molar-refractivity contribution in [2.75, 3.05) is 0 Å². The zero-order valence-corrected chi connectivity index (χ0v) is 13.5. The maximum absolute atomic E-state index is 0. The fourth-order valence-corrected chi connectivity index (χ4v) is 0. The van der Waals surface area contributed by atoms with Crippen LogP contribution in [0.25, 0.3) is 0 Å². The van der Waals surface area contributed by atoms with Gasteiger partial charge in [0.15, 0.2) is 0 Å². The summed E-state index contributed by atoms with van der Waals surface area (Å²) in [5, 5.41) is 0. The summed E-state index contributed by atoms with van der Waals surface area (Å²) in [5.41, 5.74) is 0. The quantitative estimate of drug-likeness (QED) is 0.549. The molecule has 0 saturated heterocycles. The van der Waals surface area contributed by atoms with Gasteiger partial charge in [-0.3, -0.25) is 0 Å². The van der Waals surface area contributed by atoms with Crippen LogP contribution in [0.15, 0.2) is 0 Å². The summed E-state index contributed by atoms with van der Waals surface area (Å²) in [4.78, 5) is 0. The molecule has 0 unspecified atom stereocenters. The van der Waals surface area contributed by atoms with E-state index in [1.807, 2.05) is 0 Å². The van der Waals surface area contributed by atoms with Crippen LogP contribution in [0.4, 0.5) is 0 Å². The molecule has 0 aromatic heterocycles. The van der Waals surface area contributed by atoms with Gasteiger partial charge in [0.05, 0.1) is 0 Å². The second kappa shape index (κ2) is 62.4. The summed E-state index contributed by atoms with van der Waals surface area (Å²) in [6.45, 7) is 0. The molecule has 0 fully saturated rings. The maximum Gasteiger partial charge on any atom is 0 e. The van der Waals surface area contributed by atoms with E-state index in [4.69, 9.17) is 0 Å². The smallest absolute Gasteiger partial charge is 0 e. The van der Waals surface area contributed by atoms with Crippen molar-refractivity contribution in [1.82, 2.24) is 0 Å². The molecule has 0 saturated carbocycles. The molecule has 0 aliphatic rings. The molecular formula is H8CuGeS4Zn. The molecular weight excluding hydrogens is 330 g/mol. The van der Waals surface area contributed by atoms with E-state index in [-0.39, 0.29) is 108 Å². The van der Waals surface area contributed by atoms with Gasteiger partial charge in [0.2, 0.25) is 0 Å². The Morgan fingerprint density at radius 3 is 0.571 bits per heavy atom. The average molecular weight is 338 g/mol. The molecule has 0 nitrogen and oxygen atoms in total. The number of hydrogen-bond donors (Lipinski definition) is 0. The minimum atomic E-state index is 0. The Labute approximate surface area is 107 Å². The minimum absolute atomic E-state index is 0. The molecule has 0 aliphatic heterocycles. The third kappa shape index (κ3) is 47.9. The fraction of sp³-hybridized carbons (Fsp3) is 0. The fourth-order valence-electron chi connectivity index (χ4n) is 0. The summed E-state index contributed by atoms with van der Waals surface area (Å²) in [6, 6.07) is 0. The Morgan fingerprint density at radius 2 is 0.571 bits per heavy atom. The molecule has 7 heteroatoms. The Bertz CT molecular complexity index is 11.7. The van der Waals surface area contributed by atoms with Crippen molar-refractivity contribution in [3.8, 4) is 0 Å². The topological polar surface area (TPSA) is 0 Å². The SMILES string of the molecule is S.S.S.S.[Cu].[Ge].[Zn]. The first-order valence-corrected chi connectivity index (χ1v) is 0. The zero-order valence-electron chi connectivity index (χ0n) is 3.51. The first-order chi connectivity index (χ1) is 0. The van der Waals surface area contributed by atoms with Crippen LogP contribution < -0.4 is 0 Å². The van der Waals surface area contributed by atoms with E-state index in [1.165, 1.54) is 0 Å². The van der Waals surface area contributed by atoms with Crippen molar-refractivity contribution in [1.29, 1.82) is 0 Å². The van der Waals surface area contributed by atoms with Crippen molar-refractivity contribution in [3.63, 3.8) is 0 Å². The van der Waals surface area contributed by atoms with Crippen LogP contribution in [-0.2, 0) is 36.5 Å². The maximum atomic E-state index is 0. The van der Waals surface area contributed by atoms with E-state index in [0.717, 1.165) is 0 Å². The summed E-state index contributed by atoms with van der Waals surface area (Å²) < 4.78 is 0. The normalized spacial score (nSPS) is 0. The van der Waals surface area contributed by atoms with Crippen molar-refractivity contribution >= 4 is 71.6 Å². The van der Waals surface area contributed by atoms with Crippen molar-refractivity contribution < 1.29 is 36.5 Å². The van der Waals surface area contributed by atoms with E-state index < -0.39 is 0 Å². The predicted octanol–water partition coefficient (Wildman–Crippen LogP) is 0.0654. The van der Waals surface area contributed by atoms with Gasteiger partial charge in [-0.25, -0.2) is 0 Å². The van der Waals surface area contributed by atoms with Gasteiger partial charge >= 0.3 is 0 Å². The number of hydrogen-bond acceptors (Lipinski definition) is 0. The van der Waals surface area contributed by atoms with Crippen molar-refractivity contribution in [2.45, 2.75) is 0 Å². The van der Waals surface area contributed by atoms with Crippen molar-refractivity contribution in [2.24, 2.45) is 0 Å². The van der Waals surface area contributed by atoms with Gasteiger partial charge in [-0.15, -0.1) is 0 Å². The minimum Gasteiger partial charge on any atom is -0.197 e. The van der Waals surface area contributed by atoms with Crippen LogP contribution >= 0.6 is 54.0 Å². The van der Waals surface area contributed by atoms with E-state index in [2.05, 4.69) is 0 Å². The second-order valence-electron chi connectivity index (χ2n) is 0. The Hall–Kier alpha value is 3.09. The standard InChI is InChI=1S/Cu.Ge.4H2S.Zn/h;;4*1H2;.